The van der Waals surface area contributed by atoms with Crippen LogP contribution in [0.5, 0.6) is 5.75 Å². The Labute approximate surface area is 152 Å². The van der Waals surface area contributed by atoms with Gasteiger partial charge in [-0.1, -0.05) is 24.3 Å². The van der Waals surface area contributed by atoms with Crippen LogP contribution in [0, 0.1) is 10.1 Å². The number of hydrazine groups is 1. The molecule has 0 radical (unpaired) electrons. The fraction of sp³-hybridized carbons (Fsp3) is 0.0588. The van der Waals surface area contributed by atoms with Gasteiger partial charge in [-0.2, -0.15) is 0 Å². The van der Waals surface area contributed by atoms with Gasteiger partial charge in [-0.15, -0.1) is 0 Å². The molecule has 0 spiro atoms. The quantitative estimate of drug-likeness (QED) is 0.466. The third-order valence-electron chi connectivity index (χ3n) is 3.38. The SMILES string of the molecule is O=C(COc1cccc([N+](=O)[O-])c1)NNC(=O)Nc1cc2ccccc2o1. The van der Waals surface area contributed by atoms with Crippen LogP contribution in [0.15, 0.2) is 59.0 Å². The van der Waals surface area contributed by atoms with Crippen LogP contribution in [0.25, 0.3) is 11.0 Å². The number of amides is 3. The number of nitro groups is 1. The molecular formula is C17H14N4O6. The van der Waals surface area contributed by atoms with Gasteiger partial charge in [0.05, 0.1) is 11.0 Å². The molecule has 3 rings (SSSR count). The molecule has 27 heavy (non-hydrogen) atoms. The third kappa shape index (κ3) is 4.72. The molecule has 1 heterocycles. The number of hydrogen-bond donors (Lipinski definition) is 3. The Kier molecular flexibility index (Phi) is 5.17. The minimum atomic E-state index is -0.710. The van der Waals surface area contributed by atoms with Gasteiger partial charge in [0, 0.05) is 17.5 Å². The van der Waals surface area contributed by atoms with Crippen LogP contribution in [0.2, 0.25) is 0 Å². The lowest BCUT2D eigenvalue weighted by Crippen LogP contribution is -2.45. The van der Waals surface area contributed by atoms with Crippen LogP contribution in [0.1, 0.15) is 0 Å². The van der Waals surface area contributed by atoms with Gasteiger partial charge in [-0.25, -0.2) is 10.2 Å². The average molecular weight is 370 g/mol. The van der Waals surface area contributed by atoms with Crippen molar-refractivity contribution in [2.24, 2.45) is 0 Å². The minimum Gasteiger partial charge on any atom is -0.483 e. The number of carbonyl (C=O) groups is 2. The van der Waals surface area contributed by atoms with E-state index in [1.165, 1.54) is 24.3 Å². The van der Waals surface area contributed by atoms with Gasteiger partial charge in [-0.05, 0) is 12.1 Å². The standard InChI is InChI=1S/C17H14N4O6/c22-15(10-26-13-6-3-5-12(9-13)21(24)25)19-20-17(23)18-16-8-11-4-1-2-7-14(11)27-16/h1-9H,10H2,(H,19,22)(H2,18,20,23). The zero-order valence-electron chi connectivity index (χ0n) is 13.8. The van der Waals surface area contributed by atoms with E-state index < -0.39 is 23.5 Å². The van der Waals surface area contributed by atoms with Gasteiger partial charge in [0.25, 0.3) is 11.6 Å². The number of fused-ring (bicyclic) bond motifs is 1. The zero-order valence-corrected chi connectivity index (χ0v) is 13.8. The Morgan fingerprint density at radius 3 is 2.67 bits per heavy atom. The molecule has 3 aromatic rings. The molecular weight excluding hydrogens is 356 g/mol. The molecule has 0 saturated heterocycles. The third-order valence-corrected chi connectivity index (χ3v) is 3.38. The first-order chi connectivity index (χ1) is 13.0. The highest BCUT2D eigenvalue weighted by Gasteiger charge is 2.10. The Hall–Kier alpha value is -4.08. The van der Waals surface area contributed by atoms with Crippen molar-refractivity contribution in [3.8, 4) is 5.75 Å². The smallest absolute Gasteiger partial charge is 0.340 e. The van der Waals surface area contributed by atoms with Gasteiger partial charge in [-0.3, -0.25) is 25.7 Å². The monoisotopic (exact) mass is 370 g/mol. The number of ether oxygens (including phenoxy) is 1. The first-order valence-electron chi connectivity index (χ1n) is 7.73. The number of anilines is 1. The molecule has 0 saturated carbocycles. The summed E-state index contributed by atoms with van der Waals surface area (Å²) < 4.78 is 10.6. The summed E-state index contributed by atoms with van der Waals surface area (Å²) in [6, 6.07) is 13.6. The fourth-order valence-corrected chi connectivity index (χ4v) is 2.18. The van der Waals surface area contributed by atoms with Crippen molar-refractivity contribution in [3.05, 3.63) is 64.7 Å². The average Bonchev–Trinajstić information content (AvgIpc) is 3.07. The van der Waals surface area contributed by atoms with Gasteiger partial charge in [0.1, 0.15) is 11.3 Å². The predicted molar refractivity (Wildman–Crippen MR) is 95.1 cm³/mol. The molecule has 0 unspecified atom stereocenters. The molecule has 10 nitrogen and oxygen atoms in total. The maximum Gasteiger partial charge on any atom is 0.340 e. The molecule has 0 atom stereocenters. The van der Waals surface area contributed by atoms with E-state index in [2.05, 4.69) is 16.2 Å². The summed E-state index contributed by atoms with van der Waals surface area (Å²) in [5.74, 6) is -0.275. The largest absolute Gasteiger partial charge is 0.483 e. The number of para-hydroxylation sites is 1. The predicted octanol–water partition coefficient (Wildman–Crippen LogP) is 2.57. The second-order valence-corrected chi connectivity index (χ2v) is 5.32. The maximum absolute atomic E-state index is 11.8. The van der Waals surface area contributed by atoms with Crippen molar-refractivity contribution >= 4 is 34.5 Å². The number of carbonyl (C=O) groups excluding carboxylic acids is 2. The lowest BCUT2D eigenvalue weighted by molar-refractivity contribution is -0.384. The van der Waals surface area contributed by atoms with E-state index in [-0.39, 0.29) is 17.3 Å². The summed E-state index contributed by atoms with van der Waals surface area (Å²) in [7, 11) is 0. The number of nitrogens with one attached hydrogen (secondary N) is 3. The molecule has 3 N–H and O–H groups in total. The van der Waals surface area contributed by atoms with E-state index in [4.69, 9.17) is 9.15 Å². The number of nitrogens with zero attached hydrogens (tertiary/aromatic N) is 1. The van der Waals surface area contributed by atoms with Crippen molar-refractivity contribution in [1.82, 2.24) is 10.9 Å². The molecule has 0 fully saturated rings. The topological polar surface area (TPSA) is 136 Å². The number of rotatable bonds is 5. The molecule has 1 aromatic heterocycles. The van der Waals surface area contributed by atoms with Gasteiger partial charge in [0.15, 0.2) is 6.61 Å². The first kappa shape index (κ1) is 17.7. The number of hydrogen-bond acceptors (Lipinski definition) is 6. The number of benzene rings is 2. The molecule has 10 heteroatoms. The van der Waals surface area contributed by atoms with Crippen LogP contribution < -0.4 is 20.9 Å². The van der Waals surface area contributed by atoms with Crippen molar-refractivity contribution in [1.29, 1.82) is 0 Å². The van der Waals surface area contributed by atoms with E-state index in [9.17, 15) is 19.7 Å². The Morgan fingerprint density at radius 2 is 1.89 bits per heavy atom. The van der Waals surface area contributed by atoms with E-state index in [1.807, 2.05) is 12.1 Å². The van der Waals surface area contributed by atoms with E-state index >= 15 is 0 Å². The van der Waals surface area contributed by atoms with Crippen LogP contribution >= 0.6 is 0 Å². The van der Waals surface area contributed by atoms with Crippen LogP contribution in [0.3, 0.4) is 0 Å². The van der Waals surface area contributed by atoms with Crippen molar-refractivity contribution in [3.63, 3.8) is 0 Å². The lowest BCUT2D eigenvalue weighted by Gasteiger charge is -2.08. The van der Waals surface area contributed by atoms with E-state index in [1.54, 1.807) is 18.2 Å². The second-order valence-electron chi connectivity index (χ2n) is 5.32. The lowest BCUT2D eigenvalue weighted by atomic mass is 10.3. The van der Waals surface area contributed by atoms with Crippen molar-refractivity contribution < 1.29 is 23.7 Å². The van der Waals surface area contributed by atoms with Gasteiger partial charge >= 0.3 is 6.03 Å². The number of nitro benzene ring substituents is 1. The molecule has 0 bridgehead atoms. The number of furan rings is 1. The van der Waals surface area contributed by atoms with E-state index in [0.29, 0.717) is 5.58 Å². The van der Waals surface area contributed by atoms with Crippen molar-refractivity contribution in [2.45, 2.75) is 0 Å². The van der Waals surface area contributed by atoms with Crippen molar-refractivity contribution in [2.75, 3.05) is 11.9 Å². The van der Waals surface area contributed by atoms with Crippen LogP contribution in [0.4, 0.5) is 16.4 Å². The van der Waals surface area contributed by atoms with Gasteiger partial charge in [0.2, 0.25) is 5.88 Å². The maximum atomic E-state index is 11.8. The van der Waals surface area contributed by atoms with E-state index in [0.717, 1.165) is 5.39 Å². The summed E-state index contributed by atoms with van der Waals surface area (Å²) in [5, 5.41) is 13.9. The summed E-state index contributed by atoms with van der Waals surface area (Å²) >= 11 is 0. The fourth-order valence-electron chi connectivity index (χ4n) is 2.18. The molecule has 0 aliphatic heterocycles. The summed E-state index contributed by atoms with van der Waals surface area (Å²) in [5.41, 5.74) is 4.74. The Morgan fingerprint density at radius 1 is 1.07 bits per heavy atom. The second kappa shape index (κ2) is 7.87. The number of non-ortho nitro benzene ring substituents is 1. The summed E-state index contributed by atoms with van der Waals surface area (Å²) in [6.45, 7) is -0.438. The first-order valence-corrected chi connectivity index (χ1v) is 7.73. The summed E-state index contributed by atoms with van der Waals surface area (Å²) in [4.78, 5) is 33.6. The highest BCUT2D eigenvalue weighted by atomic mass is 16.6. The highest BCUT2D eigenvalue weighted by Crippen LogP contribution is 2.22. The van der Waals surface area contributed by atoms with Crippen LogP contribution in [-0.4, -0.2) is 23.5 Å². The number of urea groups is 1. The van der Waals surface area contributed by atoms with Crippen LogP contribution in [-0.2, 0) is 4.79 Å². The zero-order chi connectivity index (χ0) is 19.2. The Bertz CT molecular complexity index is 967. The molecule has 0 aliphatic carbocycles. The normalized spacial score (nSPS) is 10.2. The summed E-state index contributed by atoms with van der Waals surface area (Å²) in [6.07, 6.45) is 0. The Balaban J connectivity index is 1.45. The molecule has 138 valence electrons. The highest BCUT2D eigenvalue weighted by molar-refractivity contribution is 5.92. The molecule has 0 aliphatic rings. The molecule has 3 amide bonds. The van der Waals surface area contributed by atoms with Gasteiger partial charge < -0.3 is 9.15 Å². The minimum absolute atomic E-state index is 0.156. The molecule has 2 aromatic carbocycles.